The molecule has 0 aliphatic carbocycles. The fraction of sp³-hybridized carbons (Fsp3) is 0.667. The number of hydrogen-bond donors (Lipinski definition) is 3. The molecule has 0 aliphatic heterocycles. The molecule has 0 spiro atoms. The van der Waals surface area contributed by atoms with E-state index in [9.17, 15) is 0 Å². The van der Waals surface area contributed by atoms with Crippen LogP contribution in [0.4, 0.5) is 11.6 Å². The number of hydrazine groups is 1. The highest BCUT2D eigenvalue weighted by Gasteiger charge is 2.14. The molecule has 1 aromatic heterocycles. The first-order valence-corrected chi connectivity index (χ1v) is 6.15. The maximum atomic E-state index is 5.47. The van der Waals surface area contributed by atoms with Gasteiger partial charge in [0.2, 0.25) is 0 Å². The summed E-state index contributed by atoms with van der Waals surface area (Å²) < 4.78 is 0. The minimum Gasteiger partial charge on any atom is -0.369 e. The summed E-state index contributed by atoms with van der Waals surface area (Å²) in [6.07, 6.45) is 2.68. The predicted molar refractivity (Wildman–Crippen MR) is 71.9 cm³/mol. The summed E-state index contributed by atoms with van der Waals surface area (Å²) in [7, 11) is 0. The molecule has 0 aliphatic rings. The fourth-order valence-electron chi connectivity index (χ4n) is 1.61. The second-order valence-electron chi connectivity index (χ2n) is 4.68. The van der Waals surface area contributed by atoms with E-state index in [-0.39, 0.29) is 0 Å². The van der Waals surface area contributed by atoms with Gasteiger partial charge in [-0.3, -0.25) is 0 Å². The van der Waals surface area contributed by atoms with E-state index >= 15 is 0 Å². The summed E-state index contributed by atoms with van der Waals surface area (Å²) in [5.41, 5.74) is 3.67. The third kappa shape index (κ3) is 3.56. The van der Waals surface area contributed by atoms with Crippen molar-refractivity contribution in [1.29, 1.82) is 0 Å². The zero-order chi connectivity index (χ0) is 12.8. The van der Waals surface area contributed by atoms with E-state index in [1.165, 1.54) is 6.33 Å². The molecule has 5 heteroatoms. The highest BCUT2D eigenvalue weighted by molar-refractivity contribution is 5.58. The van der Waals surface area contributed by atoms with Gasteiger partial charge >= 0.3 is 0 Å². The first kappa shape index (κ1) is 13.7. The van der Waals surface area contributed by atoms with Gasteiger partial charge in [0.05, 0.1) is 0 Å². The van der Waals surface area contributed by atoms with Crippen LogP contribution in [0.25, 0.3) is 0 Å². The van der Waals surface area contributed by atoms with Crippen molar-refractivity contribution in [3.63, 3.8) is 0 Å². The highest BCUT2D eigenvalue weighted by Crippen LogP contribution is 2.27. The van der Waals surface area contributed by atoms with Crippen molar-refractivity contribution < 1.29 is 0 Å². The van der Waals surface area contributed by atoms with Crippen molar-refractivity contribution in [1.82, 2.24) is 9.97 Å². The molecule has 1 unspecified atom stereocenters. The maximum Gasteiger partial charge on any atom is 0.148 e. The van der Waals surface area contributed by atoms with Gasteiger partial charge in [-0.05, 0) is 11.8 Å². The summed E-state index contributed by atoms with van der Waals surface area (Å²) in [5.74, 6) is 7.99. The quantitative estimate of drug-likeness (QED) is 0.523. The van der Waals surface area contributed by atoms with E-state index in [2.05, 4.69) is 48.4 Å². The van der Waals surface area contributed by atoms with Crippen LogP contribution in [0.15, 0.2) is 6.33 Å². The van der Waals surface area contributed by atoms with Crippen molar-refractivity contribution >= 4 is 11.6 Å². The molecule has 0 saturated carbocycles. The van der Waals surface area contributed by atoms with Crippen LogP contribution in [0.5, 0.6) is 0 Å². The maximum absolute atomic E-state index is 5.47. The molecule has 0 aromatic carbocycles. The Morgan fingerprint density at radius 2 is 1.88 bits per heavy atom. The Kier molecular flexibility index (Phi) is 5.15. The fourth-order valence-corrected chi connectivity index (χ4v) is 1.61. The Morgan fingerprint density at radius 3 is 2.41 bits per heavy atom. The van der Waals surface area contributed by atoms with Gasteiger partial charge in [-0.1, -0.05) is 34.1 Å². The minimum atomic E-state index is 0.321. The van der Waals surface area contributed by atoms with Gasteiger partial charge in [0.25, 0.3) is 0 Å². The molecule has 5 nitrogen and oxygen atoms in total. The number of nitrogen functional groups attached to an aromatic ring is 1. The molecule has 1 atom stereocenters. The molecule has 0 radical (unpaired) electrons. The largest absolute Gasteiger partial charge is 0.369 e. The van der Waals surface area contributed by atoms with Gasteiger partial charge < -0.3 is 10.7 Å². The van der Waals surface area contributed by atoms with Crippen LogP contribution in [-0.4, -0.2) is 16.5 Å². The van der Waals surface area contributed by atoms with Crippen molar-refractivity contribution in [3.8, 4) is 0 Å². The third-order valence-corrected chi connectivity index (χ3v) is 2.91. The molecular weight excluding hydrogens is 214 g/mol. The Morgan fingerprint density at radius 1 is 1.24 bits per heavy atom. The number of nitrogens with two attached hydrogens (primary N) is 1. The van der Waals surface area contributed by atoms with Gasteiger partial charge in [0.1, 0.15) is 18.0 Å². The second kappa shape index (κ2) is 6.39. The van der Waals surface area contributed by atoms with E-state index in [4.69, 9.17) is 5.84 Å². The van der Waals surface area contributed by atoms with Crippen molar-refractivity contribution in [2.45, 2.75) is 40.0 Å². The van der Waals surface area contributed by atoms with Gasteiger partial charge in [-0.15, -0.1) is 0 Å². The Hall–Kier alpha value is -1.36. The van der Waals surface area contributed by atoms with Crippen LogP contribution in [0.3, 0.4) is 0 Å². The molecule has 1 rings (SSSR count). The van der Waals surface area contributed by atoms with E-state index in [0.29, 0.717) is 17.7 Å². The molecule has 4 N–H and O–H groups in total. The average Bonchev–Trinajstić information content (AvgIpc) is 2.34. The molecule has 1 aromatic rings. The Bertz CT molecular complexity index is 351. The summed E-state index contributed by atoms with van der Waals surface area (Å²) >= 11 is 0. The van der Waals surface area contributed by atoms with Gasteiger partial charge in [0.15, 0.2) is 0 Å². The predicted octanol–water partition coefficient (Wildman–Crippen LogP) is 2.34. The van der Waals surface area contributed by atoms with Crippen molar-refractivity contribution in [2.24, 2.45) is 11.8 Å². The standard InChI is InChI=1S/C12H23N5/c1-5-9(4)6-14-11-10(8(2)3)12(17-13)16-7-15-11/h7-9H,5-6,13H2,1-4H3,(H2,14,15,16,17). The zero-order valence-electron chi connectivity index (χ0n) is 11.1. The summed E-state index contributed by atoms with van der Waals surface area (Å²) in [4.78, 5) is 8.44. The highest BCUT2D eigenvalue weighted by atomic mass is 15.3. The second-order valence-corrected chi connectivity index (χ2v) is 4.68. The Balaban J connectivity index is 2.90. The monoisotopic (exact) mass is 237 g/mol. The molecule has 0 bridgehead atoms. The Labute approximate surface area is 103 Å². The first-order valence-electron chi connectivity index (χ1n) is 6.15. The van der Waals surface area contributed by atoms with E-state index in [1.54, 1.807) is 0 Å². The lowest BCUT2D eigenvalue weighted by Crippen LogP contribution is -2.17. The number of anilines is 2. The lowest BCUT2D eigenvalue weighted by Gasteiger charge is -2.18. The smallest absolute Gasteiger partial charge is 0.148 e. The van der Waals surface area contributed by atoms with Gasteiger partial charge in [-0.2, -0.15) is 0 Å². The normalized spacial score (nSPS) is 12.6. The number of aromatic nitrogens is 2. The lowest BCUT2D eigenvalue weighted by molar-refractivity contribution is 0.591. The minimum absolute atomic E-state index is 0.321. The molecule has 1 heterocycles. The summed E-state index contributed by atoms with van der Waals surface area (Å²) in [5, 5.41) is 3.37. The van der Waals surface area contributed by atoms with Crippen molar-refractivity contribution in [2.75, 3.05) is 17.3 Å². The molecule has 0 saturated heterocycles. The zero-order valence-corrected chi connectivity index (χ0v) is 11.1. The van der Waals surface area contributed by atoms with E-state index < -0.39 is 0 Å². The molecule has 17 heavy (non-hydrogen) atoms. The topological polar surface area (TPSA) is 75.9 Å². The first-order chi connectivity index (χ1) is 8.10. The third-order valence-electron chi connectivity index (χ3n) is 2.91. The molecule has 96 valence electrons. The number of hydrogen-bond acceptors (Lipinski definition) is 5. The molecule has 0 fully saturated rings. The molecule has 0 amide bonds. The van der Waals surface area contributed by atoms with Crippen LogP contribution in [0.1, 0.15) is 45.6 Å². The lowest BCUT2D eigenvalue weighted by atomic mass is 10.0. The van der Waals surface area contributed by atoms with Crippen LogP contribution in [-0.2, 0) is 0 Å². The number of nitrogens with zero attached hydrogens (tertiary/aromatic N) is 2. The summed E-state index contributed by atoms with van der Waals surface area (Å²) in [6, 6.07) is 0. The molecular formula is C12H23N5. The van der Waals surface area contributed by atoms with Crippen molar-refractivity contribution in [3.05, 3.63) is 11.9 Å². The van der Waals surface area contributed by atoms with Gasteiger partial charge in [-0.25, -0.2) is 15.8 Å². The van der Waals surface area contributed by atoms with Crippen LogP contribution in [0.2, 0.25) is 0 Å². The number of nitrogens with one attached hydrogen (secondary N) is 2. The van der Waals surface area contributed by atoms with Crippen LogP contribution < -0.4 is 16.6 Å². The van der Waals surface area contributed by atoms with Crippen LogP contribution in [0, 0.1) is 5.92 Å². The van der Waals surface area contributed by atoms with Crippen LogP contribution >= 0.6 is 0 Å². The van der Waals surface area contributed by atoms with E-state index in [1.807, 2.05) is 0 Å². The van der Waals surface area contributed by atoms with E-state index in [0.717, 1.165) is 24.3 Å². The van der Waals surface area contributed by atoms with Gasteiger partial charge in [0, 0.05) is 12.1 Å². The average molecular weight is 237 g/mol. The SMILES string of the molecule is CCC(C)CNc1ncnc(NN)c1C(C)C. The summed E-state index contributed by atoms with van der Waals surface area (Å²) in [6.45, 7) is 9.52. The number of rotatable bonds is 6.